The van der Waals surface area contributed by atoms with Crippen LogP contribution in [0.5, 0.6) is 0 Å². The molecule has 0 saturated carbocycles. The zero-order valence-corrected chi connectivity index (χ0v) is 16.1. The van der Waals surface area contributed by atoms with Gasteiger partial charge in [0.05, 0.1) is 23.8 Å². The Hall–Kier alpha value is -0.630. The number of carbonyl (C=O) groups excluding carboxylic acids is 1. The number of likely N-dealkylation sites (tertiary alicyclic amines) is 1. The molecule has 7 heteroatoms. The Morgan fingerprint density at radius 2 is 2.33 bits per heavy atom. The van der Waals surface area contributed by atoms with Crippen LogP contribution in [0.1, 0.15) is 38.3 Å². The van der Waals surface area contributed by atoms with E-state index in [1.807, 2.05) is 10.3 Å². The van der Waals surface area contributed by atoms with Gasteiger partial charge in [-0.05, 0) is 31.4 Å². The third kappa shape index (κ3) is 3.95. The highest BCUT2D eigenvalue weighted by atomic mass is 32.2. The molecule has 2 aliphatic heterocycles. The van der Waals surface area contributed by atoms with Gasteiger partial charge in [-0.3, -0.25) is 4.79 Å². The van der Waals surface area contributed by atoms with E-state index in [4.69, 9.17) is 9.47 Å². The molecule has 2 aliphatic rings. The molecule has 1 unspecified atom stereocenters. The van der Waals surface area contributed by atoms with Crippen LogP contribution in [0.2, 0.25) is 0 Å². The molecule has 1 aromatic heterocycles. The van der Waals surface area contributed by atoms with Crippen molar-refractivity contribution in [2.24, 2.45) is 0 Å². The molecule has 1 amide bonds. The lowest BCUT2D eigenvalue weighted by molar-refractivity contribution is -0.188. The number of thioether (sulfide) groups is 1. The van der Waals surface area contributed by atoms with Crippen molar-refractivity contribution in [1.82, 2.24) is 9.88 Å². The van der Waals surface area contributed by atoms with Gasteiger partial charge in [0.15, 0.2) is 0 Å². The number of nitrogens with zero attached hydrogens (tertiary/aromatic N) is 2. The zero-order valence-electron chi connectivity index (χ0n) is 14.5. The first-order chi connectivity index (χ1) is 11.7. The first-order valence-electron chi connectivity index (χ1n) is 8.68. The summed E-state index contributed by atoms with van der Waals surface area (Å²) in [6.07, 6.45) is 4.42. The number of amides is 1. The second kappa shape index (κ2) is 8.17. The number of piperidine rings is 1. The first-order valence-corrected chi connectivity index (χ1v) is 10.5. The lowest BCUT2D eigenvalue weighted by atomic mass is 9.81. The summed E-state index contributed by atoms with van der Waals surface area (Å²) in [4.78, 5) is 19.1. The van der Waals surface area contributed by atoms with E-state index in [1.165, 1.54) is 0 Å². The highest BCUT2D eigenvalue weighted by Crippen LogP contribution is 2.37. The summed E-state index contributed by atoms with van der Waals surface area (Å²) in [6.45, 7) is 4.42. The number of methoxy groups -OCH3 is 1. The van der Waals surface area contributed by atoms with E-state index in [0.29, 0.717) is 6.42 Å². The number of hydrogen-bond donors (Lipinski definition) is 0. The maximum absolute atomic E-state index is 12.6. The van der Waals surface area contributed by atoms with E-state index in [2.05, 4.69) is 11.9 Å². The van der Waals surface area contributed by atoms with E-state index < -0.39 is 0 Å². The SMILES string of the molecule is CCSc1nc(CC(=O)N2CCC3(CC2)OCCCC3OC)cs1. The van der Waals surface area contributed by atoms with Crippen LogP contribution in [0.3, 0.4) is 0 Å². The van der Waals surface area contributed by atoms with E-state index in [0.717, 1.165) is 61.2 Å². The Morgan fingerprint density at radius 1 is 1.54 bits per heavy atom. The van der Waals surface area contributed by atoms with Gasteiger partial charge in [-0.1, -0.05) is 18.7 Å². The van der Waals surface area contributed by atoms with Gasteiger partial charge < -0.3 is 14.4 Å². The number of aromatic nitrogens is 1. The predicted octanol–water partition coefficient (Wildman–Crippen LogP) is 2.98. The number of ether oxygens (including phenoxy) is 2. The number of hydrogen-bond acceptors (Lipinski definition) is 6. The van der Waals surface area contributed by atoms with Crippen molar-refractivity contribution >= 4 is 29.0 Å². The summed E-state index contributed by atoms with van der Waals surface area (Å²) in [5.74, 6) is 1.18. The molecule has 0 N–H and O–H groups in total. The summed E-state index contributed by atoms with van der Waals surface area (Å²) in [6, 6.07) is 0. The van der Waals surface area contributed by atoms with E-state index >= 15 is 0 Å². The fraction of sp³-hybridized carbons (Fsp3) is 0.765. The van der Waals surface area contributed by atoms with Crippen molar-refractivity contribution in [3.63, 3.8) is 0 Å². The van der Waals surface area contributed by atoms with Gasteiger partial charge in [-0.25, -0.2) is 4.98 Å². The molecular formula is C17H26N2O3S2. The van der Waals surface area contributed by atoms with Gasteiger partial charge in [-0.2, -0.15) is 0 Å². The molecule has 24 heavy (non-hydrogen) atoms. The van der Waals surface area contributed by atoms with Gasteiger partial charge in [0, 0.05) is 32.2 Å². The van der Waals surface area contributed by atoms with Crippen LogP contribution in [0.25, 0.3) is 0 Å². The second-order valence-corrected chi connectivity index (χ2v) is 8.74. The Labute approximate surface area is 152 Å². The van der Waals surface area contributed by atoms with Crippen LogP contribution in [-0.4, -0.2) is 60.1 Å². The van der Waals surface area contributed by atoms with Crippen LogP contribution in [0.15, 0.2) is 9.72 Å². The van der Waals surface area contributed by atoms with Crippen molar-refractivity contribution in [2.45, 2.75) is 55.1 Å². The number of rotatable bonds is 5. The fourth-order valence-corrected chi connectivity index (χ4v) is 5.40. The minimum Gasteiger partial charge on any atom is -0.378 e. The van der Waals surface area contributed by atoms with E-state index in [-0.39, 0.29) is 17.6 Å². The molecule has 1 atom stereocenters. The number of thiazole rings is 1. The van der Waals surface area contributed by atoms with E-state index in [1.54, 1.807) is 30.2 Å². The largest absolute Gasteiger partial charge is 0.378 e. The first kappa shape index (κ1) is 18.2. The normalized spacial score (nSPS) is 23.6. The zero-order chi connectivity index (χ0) is 17.0. The number of carbonyl (C=O) groups is 1. The topological polar surface area (TPSA) is 51.7 Å². The molecule has 2 saturated heterocycles. The summed E-state index contributed by atoms with van der Waals surface area (Å²) < 4.78 is 12.8. The van der Waals surface area contributed by atoms with Gasteiger partial charge >= 0.3 is 0 Å². The molecule has 134 valence electrons. The summed E-state index contributed by atoms with van der Waals surface area (Å²) >= 11 is 3.36. The molecule has 0 aliphatic carbocycles. The van der Waals surface area contributed by atoms with Crippen molar-refractivity contribution in [1.29, 1.82) is 0 Å². The average molecular weight is 371 g/mol. The predicted molar refractivity (Wildman–Crippen MR) is 96.7 cm³/mol. The lowest BCUT2D eigenvalue weighted by Gasteiger charge is -2.48. The monoisotopic (exact) mass is 370 g/mol. The van der Waals surface area contributed by atoms with Crippen LogP contribution in [0, 0.1) is 0 Å². The summed E-state index contributed by atoms with van der Waals surface area (Å²) in [5.41, 5.74) is 0.708. The van der Waals surface area contributed by atoms with Crippen molar-refractivity contribution < 1.29 is 14.3 Å². The Morgan fingerprint density at radius 3 is 3.04 bits per heavy atom. The Balaban J connectivity index is 1.54. The minimum atomic E-state index is -0.185. The van der Waals surface area contributed by atoms with Gasteiger partial charge in [0.25, 0.3) is 0 Å². The molecule has 0 aromatic carbocycles. The van der Waals surface area contributed by atoms with Crippen LogP contribution in [-0.2, 0) is 20.7 Å². The van der Waals surface area contributed by atoms with Crippen molar-refractivity contribution in [3.8, 4) is 0 Å². The quantitative estimate of drug-likeness (QED) is 0.746. The maximum Gasteiger partial charge on any atom is 0.228 e. The third-order valence-electron chi connectivity index (χ3n) is 4.96. The Bertz CT molecular complexity index is 556. The van der Waals surface area contributed by atoms with Gasteiger partial charge in [-0.15, -0.1) is 11.3 Å². The fourth-order valence-electron chi connectivity index (χ4n) is 3.66. The second-order valence-electron chi connectivity index (χ2n) is 6.38. The van der Waals surface area contributed by atoms with Crippen molar-refractivity contribution in [3.05, 3.63) is 11.1 Å². The van der Waals surface area contributed by atoms with Crippen LogP contribution < -0.4 is 0 Å². The van der Waals surface area contributed by atoms with Gasteiger partial charge in [0.2, 0.25) is 5.91 Å². The summed E-state index contributed by atoms with van der Waals surface area (Å²) in [5, 5.41) is 2.01. The molecule has 5 nitrogen and oxygen atoms in total. The lowest BCUT2D eigenvalue weighted by Crippen LogP contribution is -2.56. The highest BCUT2D eigenvalue weighted by Gasteiger charge is 2.45. The third-order valence-corrected chi connectivity index (χ3v) is 6.92. The van der Waals surface area contributed by atoms with Crippen molar-refractivity contribution in [2.75, 3.05) is 32.6 Å². The van der Waals surface area contributed by atoms with Crippen LogP contribution in [0.4, 0.5) is 0 Å². The van der Waals surface area contributed by atoms with Crippen LogP contribution >= 0.6 is 23.1 Å². The molecule has 2 fully saturated rings. The molecule has 3 heterocycles. The average Bonchev–Trinajstić information content (AvgIpc) is 3.03. The standard InChI is InChI=1S/C17H26N2O3S2/c1-3-23-16-18-13(12-24-16)11-15(20)19-8-6-17(7-9-19)14(21-2)5-4-10-22-17/h12,14H,3-11H2,1-2H3. The summed E-state index contributed by atoms with van der Waals surface area (Å²) in [7, 11) is 1.77. The highest BCUT2D eigenvalue weighted by molar-refractivity contribution is 8.00. The molecule has 0 bridgehead atoms. The smallest absolute Gasteiger partial charge is 0.228 e. The molecule has 0 radical (unpaired) electrons. The Kier molecular flexibility index (Phi) is 6.18. The molecule has 1 spiro atoms. The molecule has 1 aromatic rings. The van der Waals surface area contributed by atoms with E-state index in [9.17, 15) is 4.79 Å². The maximum atomic E-state index is 12.6. The molecule has 3 rings (SSSR count). The molecular weight excluding hydrogens is 344 g/mol. The van der Waals surface area contributed by atoms with Gasteiger partial charge in [0.1, 0.15) is 4.34 Å². The minimum absolute atomic E-state index is 0.163.